The highest BCUT2D eigenvalue weighted by atomic mass is 32.2. The fourth-order valence-electron chi connectivity index (χ4n) is 3.05. The van der Waals surface area contributed by atoms with Crippen molar-refractivity contribution in [2.45, 2.75) is 38.1 Å². The molecule has 4 rings (SSSR count). The second-order valence-electron chi connectivity index (χ2n) is 6.55. The maximum absolute atomic E-state index is 12.3. The van der Waals surface area contributed by atoms with Gasteiger partial charge in [0, 0.05) is 24.1 Å². The van der Waals surface area contributed by atoms with Crippen molar-refractivity contribution in [3.63, 3.8) is 0 Å². The third-order valence-electron chi connectivity index (χ3n) is 4.32. The van der Waals surface area contributed by atoms with Gasteiger partial charge in [-0.05, 0) is 38.1 Å². The summed E-state index contributed by atoms with van der Waals surface area (Å²) in [6, 6.07) is 7.42. The first kappa shape index (κ1) is 19.4. The molecule has 0 aliphatic carbocycles. The van der Waals surface area contributed by atoms with Gasteiger partial charge < -0.3 is 23.6 Å². The molecule has 3 aromatic rings. The Bertz CT molecular complexity index is 986. The maximum Gasteiger partial charge on any atom is 0.284 e. The zero-order chi connectivity index (χ0) is 20.2. The SMILES string of the molecule is CCOc1cc2c(cc1CNC(=O)CSc1nnc(-c3ccco3)o1)O[C@H](C)C2. The molecule has 1 atom stereocenters. The number of hydrogen-bond acceptors (Lipinski definition) is 8. The van der Waals surface area contributed by atoms with E-state index in [0.29, 0.717) is 24.1 Å². The van der Waals surface area contributed by atoms with Gasteiger partial charge in [0.05, 0.1) is 18.6 Å². The minimum Gasteiger partial charge on any atom is -0.494 e. The number of fused-ring (bicyclic) bond motifs is 1. The lowest BCUT2D eigenvalue weighted by Gasteiger charge is -2.13. The first-order chi connectivity index (χ1) is 14.1. The second-order valence-corrected chi connectivity index (χ2v) is 7.48. The Morgan fingerprint density at radius 3 is 3.07 bits per heavy atom. The zero-order valence-electron chi connectivity index (χ0n) is 16.1. The van der Waals surface area contributed by atoms with E-state index in [0.717, 1.165) is 29.0 Å². The van der Waals surface area contributed by atoms with E-state index < -0.39 is 0 Å². The third kappa shape index (κ3) is 4.56. The van der Waals surface area contributed by atoms with Gasteiger partial charge >= 0.3 is 0 Å². The van der Waals surface area contributed by atoms with Crippen LogP contribution in [0.2, 0.25) is 0 Å². The van der Waals surface area contributed by atoms with Crippen LogP contribution < -0.4 is 14.8 Å². The minimum absolute atomic E-state index is 0.148. The van der Waals surface area contributed by atoms with Crippen molar-refractivity contribution in [1.82, 2.24) is 15.5 Å². The number of aromatic nitrogens is 2. The summed E-state index contributed by atoms with van der Waals surface area (Å²) in [7, 11) is 0. The Morgan fingerprint density at radius 1 is 1.38 bits per heavy atom. The number of thioether (sulfide) groups is 1. The average molecular weight is 415 g/mol. The van der Waals surface area contributed by atoms with Crippen molar-refractivity contribution in [1.29, 1.82) is 0 Å². The third-order valence-corrected chi connectivity index (χ3v) is 5.14. The van der Waals surface area contributed by atoms with Crippen molar-refractivity contribution in [2.24, 2.45) is 0 Å². The van der Waals surface area contributed by atoms with E-state index >= 15 is 0 Å². The smallest absolute Gasteiger partial charge is 0.284 e. The first-order valence-corrected chi connectivity index (χ1v) is 10.3. The van der Waals surface area contributed by atoms with Crippen LogP contribution in [0.3, 0.4) is 0 Å². The Balaban J connectivity index is 1.33. The molecule has 29 heavy (non-hydrogen) atoms. The standard InChI is InChI=1S/C20H21N3O5S/c1-3-25-16-8-13-7-12(2)27-17(13)9-14(16)10-21-18(24)11-29-20-23-22-19(28-20)15-5-4-6-26-15/h4-6,8-9,12H,3,7,10-11H2,1-2H3,(H,21,24)/t12-/m1/s1. The molecule has 1 aromatic carbocycles. The highest BCUT2D eigenvalue weighted by Crippen LogP contribution is 2.35. The first-order valence-electron chi connectivity index (χ1n) is 9.34. The molecule has 0 radical (unpaired) electrons. The van der Waals surface area contributed by atoms with Gasteiger partial charge in [-0.2, -0.15) is 0 Å². The topological polar surface area (TPSA) is 99.6 Å². The Morgan fingerprint density at radius 2 is 2.28 bits per heavy atom. The van der Waals surface area contributed by atoms with Crippen molar-refractivity contribution < 1.29 is 23.1 Å². The van der Waals surface area contributed by atoms with E-state index in [1.54, 1.807) is 12.1 Å². The fraction of sp³-hybridized carbons (Fsp3) is 0.350. The molecule has 1 N–H and O–H groups in total. The van der Waals surface area contributed by atoms with E-state index in [2.05, 4.69) is 15.5 Å². The van der Waals surface area contributed by atoms with Gasteiger partial charge in [-0.15, -0.1) is 10.2 Å². The summed E-state index contributed by atoms with van der Waals surface area (Å²) in [5.41, 5.74) is 2.02. The normalized spacial score (nSPS) is 15.0. The van der Waals surface area contributed by atoms with E-state index in [9.17, 15) is 4.79 Å². The van der Waals surface area contributed by atoms with Crippen molar-refractivity contribution in [2.75, 3.05) is 12.4 Å². The highest BCUT2D eigenvalue weighted by Gasteiger charge is 2.22. The summed E-state index contributed by atoms with van der Waals surface area (Å²) in [6.45, 7) is 4.88. The number of furan rings is 1. The van der Waals surface area contributed by atoms with Crippen LogP contribution in [-0.4, -0.2) is 34.6 Å². The molecule has 1 aliphatic rings. The number of nitrogens with one attached hydrogen (secondary N) is 1. The monoisotopic (exact) mass is 415 g/mol. The van der Waals surface area contributed by atoms with Crippen LogP contribution in [0.5, 0.6) is 11.5 Å². The maximum atomic E-state index is 12.3. The van der Waals surface area contributed by atoms with E-state index in [-0.39, 0.29) is 23.7 Å². The van der Waals surface area contributed by atoms with Crippen LogP contribution in [0, 0.1) is 0 Å². The van der Waals surface area contributed by atoms with Crippen LogP contribution >= 0.6 is 11.8 Å². The fourth-order valence-corrected chi connectivity index (χ4v) is 3.64. The van der Waals surface area contributed by atoms with E-state index in [1.807, 2.05) is 26.0 Å². The van der Waals surface area contributed by atoms with Gasteiger partial charge in [0.1, 0.15) is 17.6 Å². The molecule has 9 heteroatoms. The largest absolute Gasteiger partial charge is 0.494 e. The lowest BCUT2D eigenvalue weighted by Crippen LogP contribution is -2.25. The number of benzene rings is 1. The van der Waals surface area contributed by atoms with Gasteiger partial charge in [0.15, 0.2) is 5.76 Å². The summed E-state index contributed by atoms with van der Waals surface area (Å²) >= 11 is 1.17. The second kappa shape index (κ2) is 8.60. The molecule has 0 saturated heterocycles. The van der Waals surface area contributed by atoms with Crippen LogP contribution in [0.15, 0.2) is 44.6 Å². The molecule has 1 aliphatic heterocycles. The molecular weight excluding hydrogens is 394 g/mol. The number of rotatable bonds is 8. The van der Waals surface area contributed by atoms with Crippen LogP contribution in [-0.2, 0) is 17.8 Å². The van der Waals surface area contributed by atoms with Crippen LogP contribution in [0.4, 0.5) is 0 Å². The molecule has 8 nitrogen and oxygen atoms in total. The van der Waals surface area contributed by atoms with Gasteiger partial charge in [0.25, 0.3) is 11.1 Å². The number of carbonyl (C=O) groups is 1. The van der Waals surface area contributed by atoms with Crippen molar-refractivity contribution in [3.05, 3.63) is 41.7 Å². The summed E-state index contributed by atoms with van der Waals surface area (Å²) < 4.78 is 22.3. The number of hydrogen-bond donors (Lipinski definition) is 1. The molecule has 0 spiro atoms. The predicted octanol–water partition coefficient (Wildman–Crippen LogP) is 3.46. The van der Waals surface area contributed by atoms with Gasteiger partial charge in [-0.25, -0.2) is 0 Å². The van der Waals surface area contributed by atoms with Crippen molar-refractivity contribution in [3.8, 4) is 23.1 Å². The summed E-state index contributed by atoms with van der Waals surface area (Å²) in [6.07, 6.45) is 2.55. The number of ether oxygens (including phenoxy) is 2. The lowest BCUT2D eigenvalue weighted by molar-refractivity contribution is -0.118. The van der Waals surface area contributed by atoms with Gasteiger partial charge in [0.2, 0.25) is 5.91 Å². The Labute approximate surface area is 172 Å². The number of nitrogens with zero attached hydrogens (tertiary/aromatic N) is 2. The summed E-state index contributed by atoms with van der Waals surface area (Å²) in [5, 5.41) is 11.0. The van der Waals surface area contributed by atoms with E-state index in [4.69, 9.17) is 18.3 Å². The van der Waals surface area contributed by atoms with Gasteiger partial charge in [-0.3, -0.25) is 4.79 Å². The molecule has 1 amide bonds. The zero-order valence-corrected chi connectivity index (χ0v) is 17.0. The quantitative estimate of drug-likeness (QED) is 0.559. The minimum atomic E-state index is -0.148. The summed E-state index contributed by atoms with van der Waals surface area (Å²) in [4.78, 5) is 12.3. The predicted molar refractivity (Wildman–Crippen MR) is 106 cm³/mol. The van der Waals surface area contributed by atoms with E-state index in [1.165, 1.54) is 18.0 Å². The number of carbonyl (C=O) groups excluding carboxylic acids is 1. The highest BCUT2D eigenvalue weighted by molar-refractivity contribution is 7.99. The van der Waals surface area contributed by atoms with Gasteiger partial charge in [-0.1, -0.05) is 11.8 Å². The lowest BCUT2D eigenvalue weighted by atomic mass is 10.1. The molecule has 3 heterocycles. The molecule has 0 saturated carbocycles. The summed E-state index contributed by atoms with van der Waals surface area (Å²) in [5.74, 6) is 2.41. The molecule has 0 fully saturated rings. The average Bonchev–Trinajstić information content (AvgIpc) is 3.44. The molecule has 0 bridgehead atoms. The van der Waals surface area contributed by atoms with Crippen LogP contribution in [0.1, 0.15) is 25.0 Å². The molecule has 0 unspecified atom stereocenters. The van der Waals surface area contributed by atoms with Crippen molar-refractivity contribution >= 4 is 17.7 Å². The number of amides is 1. The Hall–Kier alpha value is -2.94. The molecule has 2 aromatic heterocycles. The Kier molecular flexibility index (Phi) is 5.75. The van der Waals surface area contributed by atoms with Crippen LogP contribution in [0.25, 0.3) is 11.7 Å². The molecular formula is C20H21N3O5S. The molecule has 152 valence electrons.